The van der Waals surface area contributed by atoms with Crippen molar-refractivity contribution in [3.63, 3.8) is 0 Å². The van der Waals surface area contributed by atoms with Gasteiger partial charge in [0.25, 0.3) is 0 Å². The first kappa shape index (κ1) is 17.5. The number of methoxy groups -OCH3 is 1. The highest BCUT2D eigenvalue weighted by Crippen LogP contribution is 2.28. The summed E-state index contributed by atoms with van der Waals surface area (Å²) in [5, 5.41) is 9.20. The van der Waals surface area contributed by atoms with Crippen LogP contribution in [0.15, 0.2) is 12.1 Å². The van der Waals surface area contributed by atoms with E-state index in [1.165, 1.54) is 7.11 Å². The number of hydrogen-bond donors (Lipinski definition) is 1. The van der Waals surface area contributed by atoms with Crippen LogP contribution in [0.2, 0.25) is 0 Å². The van der Waals surface area contributed by atoms with Gasteiger partial charge >= 0.3 is 5.97 Å². The molecule has 1 unspecified atom stereocenters. The Bertz CT molecular complexity index is 483. The molecule has 0 spiro atoms. The second-order valence-corrected chi connectivity index (χ2v) is 5.80. The van der Waals surface area contributed by atoms with Gasteiger partial charge in [0, 0.05) is 0 Å². The monoisotopic (exact) mass is 296 g/mol. The average Bonchev–Trinajstić information content (AvgIpc) is 2.43. The molecule has 0 bridgehead atoms. The molecule has 0 radical (unpaired) electrons. The average molecular weight is 296 g/mol. The van der Waals surface area contributed by atoms with Crippen molar-refractivity contribution in [1.82, 2.24) is 0 Å². The lowest BCUT2D eigenvalue weighted by molar-refractivity contribution is -0.141. The SMILES string of the molecule is CCC(Cc1ccc(OC)c(F)c1CCC(C)C)C(=O)O. The summed E-state index contributed by atoms with van der Waals surface area (Å²) in [6.45, 7) is 6.01. The lowest BCUT2D eigenvalue weighted by Crippen LogP contribution is -2.17. The minimum atomic E-state index is -0.830. The molecule has 0 fully saturated rings. The summed E-state index contributed by atoms with van der Waals surface area (Å²) >= 11 is 0. The Morgan fingerprint density at radius 1 is 1.38 bits per heavy atom. The number of aliphatic carboxylic acids is 1. The molecule has 0 aliphatic rings. The third kappa shape index (κ3) is 4.73. The van der Waals surface area contributed by atoms with Gasteiger partial charge in [0.1, 0.15) is 0 Å². The lowest BCUT2D eigenvalue weighted by Gasteiger charge is -2.17. The Kier molecular flexibility index (Phi) is 6.66. The molecule has 3 nitrogen and oxygen atoms in total. The van der Waals surface area contributed by atoms with E-state index >= 15 is 0 Å². The number of carboxylic acid groups (broad SMARTS) is 1. The zero-order valence-corrected chi connectivity index (χ0v) is 13.3. The fraction of sp³-hybridized carbons (Fsp3) is 0.588. The molecule has 1 aromatic rings. The standard InChI is InChI=1S/C17H25FO3/c1-5-12(17(19)20)10-13-7-9-15(21-4)16(18)14(13)8-6-11(2)3/h7,9,11-12H,5-6,8,10H2,1-4H3,(H,19,20). The van der Waals surface area contributed by atoms with Crippen LogP contribution in [0.3, 0.4) is 0 Å². The summed E-state index contributed by atoms with van der Waals surface area (Å²) in [4.78, 5) is 11.2. The van der Waals surface area contributed by atoms with Crippen LogP contribution in [0.25, 0.3) is 0 Å². The molecular formula is C17H25FO3. The maximum absolute atomic E-state index is 14.5. The molecule has 0 aromatic heterocycles. The number of halogens is 1. The fourth-order valence-corrected chi connectivity index (χ4v) is 2.36. The summed E-state index contributed by atoms with van der Waals surface area (Å²) in [6.07, 6.45) is 2.36. The molecule has 118 valence electrons. The maximum Gasteiger partial charge on any atom is 0.306 e. The van der Waals surface area contributed by atoms with Crippen LogP contribution in [-0.2, 0) is 17.6 Å². The Balaban J connectivity index is 3.11. The molecule has 0 saturated carbocycles. The van der Waals surface area contributed by atoms with Crippen molar-refractivity contribution in [3.05, 3.63) is 29.1 Å². The third-order valence-corrected chi connectivity index (χ3v) is 3.80. The summed E-state index contributed by atoms with van der Waals surface area (Å²) < 4.78 is 19.5. The van der Waals surface area contributed by atoms with Gasteiger partial charge in [-0.2, -0.15) is 0 Å². The zero-order valence-electron chi connectivity index (χ0n) is 13.3. The normalized spacial score (nSPS) is 12.5. The highest BCUT2D eigenvalue weighted by molar-refractivity contribution is 5.70. The molecule has 0 saturated heterocycles. The highest BCUT2D eigenvalue weighted by atomic mass is 19.1. The molecule has 0 aliphatic carbocycles. The topological polar surface area (TPSA) is 46.5 Å². The second kappa shape index (κ2) is 8.01. The molecule has 4 heteroatoms. The van der Waals surface area contributed by atoms with Gasteiger partial charge in [0.15, 0.2) is 11.6 Å². The molecule has 21 heavy (non-hydrogen) atoms. The van der Waals surface area contributed by atoms with E-state index in [9.17, 15) is 14.3 Å². The van der Waals surface area contributed by atoms with Crippen LogP contribution >= 0.6 is 0 Å². The predicted molar refractivity (Wildman–Crippen MR) is 81.2 cm³/mol. The second-order valence-electron chi connectivity index (χ2n) is 5.80. The molecule has 1 aromatic carbocycles. The molecule has 0 amide bonds. The van der Waals surface area contributed by atoms with E-state index in [4.69, 9.17) is 4.74 Å². The van der Waals surface area contributed by atoms with Gasteiger partial charge in [0.05, 0.1) is 13.0 Å². The van der Waals surface area contributed by atoms with Crippen LogP contribution in [0, 0.1) is 17.7 Å². The van der Waals surface area contributed by atoms with Crippen molar-refractivity contribution in [3.8, 4) is 5.75 Å². The van der Waals surface area contributed by atoms with Crippen LogP contribution in [0.4, 0.5) is 4.39 Å². The lowest BCUT2D eigenvalue weighted by atomic mass is 9.90. The van der Waals surface area contributed by atoms with Crippen LogP contribution < -0.4 is 4.74 Å². The molecule has 1 atom stereocenters. The van der Waals surface area contributed by atoms with E-state index in [0.717, 1.165) is 12.0 Å². The minimum absolute atomic E-state index is 0.223. The van der Waals surface area contributed by atoms with E-state index in [2.05, 4.69) is 13.8 Å². The van der Waals surface area contributed by atoms with Crippen molar-refractivity contribution in [2.24, 2.45) is 11.8 Å². The van der Waals surface area contributed by atoms with E-state index < -0.39 is 11.9 Å². The first-order valence-corrected chi connectivity index (χ1v) is 7.47. The number of carboxylic acids is 1. The Morgan fingerprint density at radius 2 is 2.05 bits per heavy atom. The number of ether oxygens (including phenoxy) is 1. The van der Waals surface area contributed by atoms with E-state index in [-0.39, 0.29) is 11.6 Å². The Morgan fingerprint density at radius 3 is 2.52 bits per heavy atom. The Labute approximate surface area is 126 Å². The van der Waals surface area contributed by atoms with Crippen molar-refractivity contribution < 1.29 is 19.0 Å². The smallest absolute Gasteiger partial charge is 0.306 e. The quantitative estimate of drug-likeness (QED) is 0.786. The predicted octanol–water partition coefficient (Wildman–Crippen LogP) is 4.08. The number of hydrogen-bond acceptors (Lipinski definition) is 2. The van der Waals surface area contributed by atoms with Gasteiger partial charge in [-0.25, -0.2) is 4.39 Å². The maximum atomic E-state index is 14.5. The van der Waals surface area contributed by atoms with Gasteiger partial charge in [-0.15, -0.1) is 0 Å². The van der Waals surface area contributed by atoms with Gasteiger partial charge in [-0.05, 0) is 48.8 Å². The van der Waals surface area contributed by atoms with Crippen LogP contribution in [0.1, 0.15) is 44.7 Å². The summed E-state index contributed by atoms with van der Waals surface area (Å²) in [6, 6.07) is 3.38. The van der Waals surface area contributed by atoms with Crippen molar-refractivity contribution in [1.29, 1.82) is 0 Å². The van der Waals surface area contributed by atoms with E-state index in [1.54, 1.807) is 12.1 Å². The number of rotatable bonds is 8. The summed E-state index contributed by atoms with van der Waals surface area (Å²) in [5.41, 5.74) is 1.38. The van der Waals surface area contributed by atoms with Crippen molar-refractivity contribution >= 4 is 5.97 Å². The first-order chi connectivity index (χ1) is 9.90. The van der Waals surface area contributed by atoms with Gasteiger partial charge in [-0.3, -0.25) is 4.79 Å². The highest BCUT2D eigenvalue weighted by Gasteiger charge is 2.20. The molecular weight excluding hydrogens is 271 g/mol. The summed E-state index contributed by atoms with van der Waals surface area (Å²) in [5.74, 6) is -0.971. The van der Waals surface area contributed by atoms with Crippen molar-refractivity contribution in [2.75, 3.05) is 7.11 Å². The molecule has 0 heterocycles. The van der Waals surface area contributed by atoms with Crippen LogP contribution in [0.5, 0.6) is 5.75 Å². The minimum Gasteiger partial charge on any atom is -0.494 e. The molecule has 0 aliphatic heterocycles. The zero-order chi connectivity index (χ0) is 16.0. The first-order valence-electron chi connectivity index (χ1n) is 7.47. The van der Waals surface area contributed by atoms with Gasteiger partial charge < -0.3 is 9.84 Å². The number of benzene rings is 1. The summed E-state index contributed by atoms with van der Waals surface area (Å²) in [7, 11) is 1.44. The van der Waals surface area contributed by atoms with Gasteiger partial charge in [0.2, 0.25) is 0 Å². The van der Waals surface area contributed by atoms with Crippen LogP contribution in [-0.4, -0.2) is 18.2 Å². The third-order valence-electron chi connectivity index (χ3n) is 3.80. The largest absolute Gasteiger partial charge is 0.494 e. The Hall–Kier alpha value is -1.58. The molecule has 1 N–H and O–H groups in total. The van der Waals surface area contributed by atoms with Crippen molar-refractivity contribution in [2.45, 2.75) is 46.5 Å². The van der Waals surface area contributed by atoms with E-state index in [1.807, 2.05) is 6.92 Å². The number of carbonyl (C=O) groups is 1. The van der Waals surface area contributed by atoms with E-state index in [0.29, 0.717) is 30.7 Å². The molecule has 1 rings (SSSR count). The fourth-order valence-electron chi connectivity index (χ4n) is 2.36. The van der Waals surface area contributed by atoms with Gasteiger partial charge in [-0.1, -0.05) is 26.8 Å².